The Kier molecular flexibility index (Phi) is 3.81. The number of nitrogens with two attached hydrogens (primary N) is 1. The summed E-state index contributed by atoms with van der Waals surface area (Å²) in [6.07, 6.45) is 1.45. The number of hydrogen-bond acceptors (Lipinski definition) is 1. The second-order valence-electron chi connectivity index (χ2n) is 2.77. The molecular weight excluding hydrogens is 240 g/mol. The van der Waals surface area contributed by atoms with Crippen LogP contribution in [0.4, 0.5) is 8.78 Å². The number of hydrogen-bond donors (Lipinski definition) is 1. The van der Waals surface area contributed by atoms with Crippen molar-refractivity contribution in [3.63, 3.8) is 0 Å². The summed E-state index contributed by atoms with van der Waals surface area (Å²) in [6.45, 7) is 0.552. The van der Waals surface area contributed by atoms with E-state index in [0.717, 1.165) is 12.0 Å². The van der Waals surface area contributed by atoms with Gasteiger partial charge in [-0.2, -0.15) is 0 Å². The summed E-state index contributed by atoms with van der Waals surface area (Å²) < 4.78 is 25.8. The molecule has 4 heteroatoms. The molecular formula is C9H10BrF2N. The maximum atomic E-state index is 12.8. The highest BCUT2D eigenvalue weighted by Crippen LogP contribution is 2.20. The third kappa shape index (κ3) is 2.74. The molecule has 0 spiro atoms. The second-order valence-corrected chi connectivity index (χ2v) is 3.62. The molecule has 0 bridgehead atoms. The Morgan fingerprint density at radius 3 is 2.54 bits per heavy atom. The van der Waals surface area contributed by atoms with Crippen LogP contribution in [0.15, 0.2) is 16.6 Å². The van der Waals surface area contributed by atoms with Gasteiger partial charge in [0.15, 0.2) is 11.6 Å². The van der Waals surface area contributed by atoms with Crippen LogP contribution in [0.3, 0.4) is 0 Å². The number of halogens is 3. The zero-order chi connectivity index (χ0) is 9.84. The summed E-state index contributed by atoms with van der Waals surface area (Å²) in [4.78, 5) is 0. The smallest absolute Gasteiger partial charge is 0.172 e. The van der Waals surface area contributed by atoms with Gasteiger partial charge in [0.2, 0.25) is 0 Å². The molecule has 0 atom stereocenters. The molecule has 0 radical (unpaired) electrons. The van der Waals surface area contributed by atoms with Crippen LogP contribution in [-0.2, 0) is 6.42 Å². The minimum absolute atomic E-state index is 0.166. The first-order valence-electron chi connectivity index (χ1n) is 3.98. The van der Waals surface area contributed by atoms with Gasteiger partial charge in [0, 0.05) is 0 Å². The molecule has 72 valence electrons. The molecule has 1 nitrogen and oxygen atoms in total. The van der Waals surface area contributed by atoms with Gasteiger partial charge >= 0.3 is 0 Å². The molecule has 0 saturated carbocycles. The number of benzene rings is 1. The van der Waals surface area contributed by atoms with Crippen molar-refractivity contribution in [3.8, 4) is 0 Å². The second kappa shape index (κ2) is 4.67. The SMILES string of the molecule is NCCCc1cc(F)c(F)c(Br)c1. The van der Waals surface area contributed by atoms with E-state index in [0.29, 0.717) is 13.0 Å². The molecule has 1 aromatic carbocycles. The van der Waals surface area contributed by atoms with Gasteiger partial charge in [0.1, 0.15) is 0 Å². The summed E-state index contributed by atoms with van der Waals surface area (Å²) in [5.74, 6) is -1.65. The van der Waals surface area contributed by atoms with E-state index in [4.69, 9.17) is 5.73 Å². The molecule has 0 amide bonds. The first kappa shape index (κ1) is 10.6. The molecule has 1 aromatic rings. The molecule has 13 heavy (non-hydrogen) atoms. The van der Waals surface area contributed by atoms with Crippen molar-refractivity contribution in [1.29, 1.82) is 0 Å². The molecule has 2 N–H and O–H groups in total. The van der Waals surface area contributed by atoms with Crippen LogP contribution >= 0.6 is 15.9 Å². The standard InChI is InChI=1S/C9H10BrF2N/c10-7-4-6(2-1-3-13)5-8(11)9(7)12/h4-5H,1-3,13H2. The van der Waals surface area contributed by atoms with Crippen LogP contribution in [0.2, 0.25) is 0 Å². The van der Waals surface area contributed by atoms with Crippen molar-refractivity contribution in [3.05, 3.63) is 33.8 Å². The lowest BCUT2D eigenvalue weighted by Gasteiger charge is -2.02. The summed E-state index contributed by atoms with van der Waals surface area (Å²) in [5.41, 5.74) is 6.06. The average Bonchev–Trinajstić information content (AvgIpc) is 2.10. The van der Waals surface area contributed by atoms with Gasteiger partial charge in [-0.25, -0.2) is 8.78 Å². The van der Waals surface area contributed by atoms with Crippen LogP contribution < -0.4 is 5.73 Å². The topological polar surface area (TPSA) is 26.0 Å². The lowest BCUT2D eigenvalue weighted by atomic mass is 10.1. The summed E-state index contributed by atoms with van der Waals surface area (Å²) in [7, 11) is 0. The molecule has 0 saturated heterocycles. The number of rotatable bonds is 3. The largest absolute Gasteiger partial charge is 0.330 e. The van der Waals surface area contributed by atoms with E-state index >= 15 is 0 Å². The molecule has 1 rings (SSSR count). The van der Waals surface area contributed by atoms with E-state index in [1.54, 1.807) is 6.07 Å². The first-order chi connectivity index (χ1) is 6.15. The Morgan fingerprint density at radius 2 is 2.00 bits per heavy atom. The van der Waals surface area contributed by atoms with Crippen molar-refractivity contribution in [2.75, 3.05) is 6.54 Å². The summed E-state index contributed by atoms with van der Waals surface area (Å²) in [6, 6.07) is 2.78. The average molecular weight is 250 g/mol. The fourth-order valence-corrected chi connectivity index (χ4v) is 1.54. The normalized spacial score (nSPS) is 10.5. The zero-order valence-electron chi connectivity index (χ0n) is 6.99. The summed E-state index contributed by atoms with van der Waals surface area (Å²) in [5, 5.41) is 0. The van der Waals surface area contributed by atoms with Gasteiger partial charge in [-0.1, -0.05) is 0 Å². The van der Waals surface area contributed by atoms with Gasteiger partial charge < -0.3 is 5.73 Å². The molecule has 0 aliphatic carbocycles. The fraction of sp³-hybridized carbons (Fsp3) is 0.333. The Hall–Kier alpha value is -0.480. The molecule has 0 aliphatic rings. The van der Waals surface area contributed by atoms with Crippen molar-refractivity contribution in [2.24, 2.45) is 5.73 Å². The van der Waals surface area contributed by atoms with Gasteiger partial charge in [-0.15, -0.1) is 0 Å². The molecule has 0 heterocycles. The van der Waals surface area contributed by atoms with Gasteiger partial charge in [0.05, 0.1) is 4.47 Å². The minimum atomic E-state index is -0.837. The van der Waals surface area contributed by atoms with E-state index in [-0.39, 0.29) is 4.47 Å². The molecule has 0 fully saturated rings. The minimum Gasteiger partial charge on any atom is -0.330 e. The Labute approximate surface area is 84.1 Å². The van der Waals surface area contributed by atoms with Crippen molar-refractivity contribution >= 4 is 15.9 Å². The van der Waals surface area contributed by atoms with Crippen molar-refractivity contribution in [2.45, 2.75) is 12.8 Å². The predicted octanol–water partition coefficient (Wildman–Crippen LogP) is 2.62. The lowest BCUT2D eigenvalue weighted by Crippen LogP contribution is -2.01. The van der Waals surface area contributed by atoms with Crippen LogP contribution in [-0.4, -0.2) is 6.54 Å². The van der Waals surface area contributed by atoms with Crippen LogP contribution in [0.25, 0.3) is 0 Å². The Balaban J connectivity index is 2.86. The van der Waals surface area contributed by atoms with E-state index in [1.165, 1.54) is 6.07 Å². The van der Waals surface area contributed by atoms with Crippen molar-refractivity contribution < 1.29 is 8.78 Å². The zero-order valence-corrected chi connectivity index (χ0v) is 8.57. The summed E-state index contributed by atoms with van der Waals surface area (Å²) >= 11 is 2.94. The lowest BCUT2D eigenvalue weighted by molar-refractivity contribution is 0.502. The predicted molar refractivity (Wildman–Crippen MR) is 51.4 cm³/mol. The maximum absolute atomic E-state index is 12.8. The highest BCUT2D eigenvalue weighted by molar-refractivity contribution is 9.10. The van der Waals surface area contributed by atoms with Crippen LogP contribution in [0.1, 0.15) is 12.0 Å². The Morgan fingerprint density at radius 1 is 1.31 bits per heavy atom. The molecule has 0 aromatic heterocycles. The van der Waals surface area contributed by atoms with E-state index < -0.39 is 11.6 Å². The van der Waals surface area contributed by atoms with E-state index in [1.807, 2.05) is 0 Å². The third-order valence-electron chi connectivity index (χ3n) is 1.71. The van der Waals surface area contributed by atoms with Crippen LogP contribution in [0.5, 0.6) is 0 Å². The van der Waals surface area contributed by atoms with Gasteiger partial charge in [-0.3, -0.25) is 0 Å². The monoisotopic (exact) mass is 249 g/mol. The van der Waals surface area contributed by atoms with E-state index in [9.17, 15) is 8.78 Å². The fourth-order valence-electron chi connectivity index (χ4n) is 1.06. The highest BCUT2D eigenvalue weighted by Gasteiger charge is 2.07. The molecule has 0 aliphatic heterocycles. The first-order valence-corrected chi connectivity index (χ1v) is 4.78. The third-order valence-corrected chi connectivity index (χ3v) is 2.29. The van der Waals surface area contributed by atoms with Gasteiger partial charge in [0.25, 0.3) is 0 Å². The molecule has 0 unspecified atom stereocenters. The van der Waals surface area contributed by atoms with E-state index in [2.05, 4.69) is 15.9 Å². The number of aryl methyl sites for hydroxylation is 1. The van der Waals surface area contributed by atoms with Gasteiger partial charge in [-0.05, 0) is 53.0 Å². The highest BCUT2D eigenvalue weighted by atomic mass is 79.9. The van der Waals surface area contributed by atoms with Crippen molar-refractivity contribution in [1.82, 2.24) is 0 Å². The quantitative estimate of drug-likeness (QED) is 0.820. The maximum Gasteiger partial charge on any atom is 0.172 e. The van der Waals surface area contributed by atoms with Crippen LogP contribution in [0, 0.1) is 11.6 Å². The Bertz CT molecular complexity index is 279.